The summed E-state index contributed by atoms with van der Waals surface area (Å²) in [7, 11) is 0. The summed E-state index contributed by atoms with van der Waals surface area (Å²) in [4.78, 5) is 19.1. The second-order valence-electron chi connectivity index (χ2n) is 7.97. The molecule has 3 aromatic rings. The fourth-order valence-electron chi connectivity index (χ4n) is 3.30. The second-order valence-corrected chi connectivity index (χ2v) is 7.97. The van der Waals surface area contributed by atoms with E-state index in [4.69, 9.17) is 4.42 Å². The number of nitrogens with zero attached hydrogens (tertiary/aromatic N) is 2. The summed E-state index contributed by atoms with van der Waals surface area (Å²) < 4.78 is 5.65. The minimum absolute atomic E-state index is 0.108. The third kappa shape index (κ3) is 6.04. The molecule has 1 atom stereocenters. The van der Waals surface area contributed by atoms with Gasteiger partial charge in [-0.05, 0) is 43.9 Å². The topological polar surface area (TPSA) is 58.4 Å². The van der Waals surface area contributed by atoms with Crippen molar-refractivity contribution in [3.8, 4) is 0 Å². The van der Waals surface area contributed by atoms with Crippen molar-refractivity contribution >= 4 is 5.91 Å². The molecule has 0 aliphatic rings. The molecule has 1 aromatic heterocycles. The van der Waals surface area contributed by atoms with Gasteiger partial charge in [0.25, 0.3) is 5.91 Å². The minimum atomic E-state index is -0.191. The lowest BCUT2D eigenvalue weighted by molar-refractivity contribution is 0.0934. The molecule has 0 radical (unpaired) electrons. The molecule has 1 N–H and O–H groups in total. The van der Waals surface area contributed by atoms with Crippen LogP contribution in [0.15, 0.2) is 59.2 Å². The first kappa shape index (κ1) is 21.8. The molecule has 158 valence electrons. The van der Waals surface area contributed by atoms with Crippen LogP contribution in [-0.2, 0) is 19.6 Å². The van der Waals surface area contributed by atoms with E-state index >= 15 is 0 Å². The second kappa shape index (κ2) is 10.2. The maximum absolute atomic E-state index is 12.3. The fraction of sp³-hybridized carbons (Fsp3) is 0.360. The van der Waals surface area contributed by atoms with E-state index in [2.05, 4.69) is 59.4 Å². The van der Waals surface area contributed by atoms with Gasteiger partial charge < -0.3 is 9.73 Å². The zero-order valence-electron chi connectivity index (χ0n) is 18.3. The summed E-state index contributed by atoms with van der Waals surface area (Å²) in [5.41, 5.74) is 5.35. The van der Waals surface area contributed by atoms with E-state index in [-0.39, 0.29) is 11.9 Å². The van der Waals surface area contributed by atoms with Crippen LogP contribution in [0.25, 0.3) is 0 Å². The van der Waals surface area contributed by atoms with Crippen molar-refractivity contribution in [1.82, 2.24) is 15.2 Å². The van der Waals surface area contributed by atoms with Crippen LogP contribution in [0.4, 0.5) is 0 Å². The van der Waals surface area contributed by atoms with Gasteiger partial charge in [-0.15, -0.1) is 0 Å². The quantitative estimate of drug-likeness (QED) is 0.543. The van der Waals surface area contributed by atoms with Crippen molar-refractivity contribution < 1.29 is 9.21 Å². The molecule has 0 unspecified atom stereocenters. The average Bonchev–Trinajstić information content (AvgIpc) is 3.20. The molecular weight excluding hydrogens is 374 g/mol. The van der Waals surface area contributed by atoms with Gasteiger partial charge in [0.05, 0.1) is 6.54 Å². The summed E-state index contributed by atoms with van der Waals surface area (Å²) in [5.74, 6) is 0.356. The van der Waals surface area contributed by atoms with Crippen molar-refractivity contribution in [3.05, 3.63) is 88.6 Å². The summed E-state index contributed by atoms with van der Waals surface area (Å²) in [6.45, 7) is 10.3. The third-order valence-electron chi connectivity index (χ3n) is 5.28. The SMILES string of the molecule is CC[C@H](C)NC(=O)c1coc(CN(Cc2ccccc2)Cc2cc(C)ccc2C)n1. The van der Waals surface area contributed by atoms with Crippen LogP contribution < -0.4 is 5.32 Å². The van der Waals surface area contributed by atoms with Crippen LogP contribution in [0, 0.1) is 13.8 Å². The molecular formula is C25H31N3O2. The number of hydrogen-bond acceptors (Lipinski definition) is 4. The van der Waals surface area contributed by atoms with E-state index in [1.54, 1.807) is 0 Å². The van der Waals surface area contributed by atoms with E-state index in [1.807, 2.05) is 32.0 Å². The van der Waals surface area contributed by atoms with E-state index in [9.17, 15) is 4.79 Å². The van der Waals surface area contributed by atoms with Gasteiger partial charge in [0, 0.05) is 19.1 Å². The van der Waals surface area contributed by atoms with Gasteiger partial charge in [-0.25, -0.2) is 4.98 Å². The van der Waals surface area contributed by atoms with E-state index in [0.29, 0.717) is 18.1 Å². The Morgan fingerprint density at radius 2 is 1.87 bits per heavy atom. The molecule has 5 heteroatoms. The highest BCUT2D eigenvalue weighted by Gasteiger charge is 2.17. The van der Waals surface area contributed by atoms with E-state index in [0.717, 1.165) is 19.5 Å². The summed E-state index contributed by atoms with van der Waals surface area (Å²) >= 11 is 0. The predicted octanol–water partition coefficient (Wildman–Crippen LogP) is 5.02. The lowest BCUT2D eigenvalue weighted by atomic mass is 10.0. The number of aryl methyl sites for hydroxylation is 2. The van der Waals surface area contributed by atoms with Crippen LogP contribution in [0.5, 0.6) is 0 Å². The molecule has 0 spiro atoms. The minimum Gasteiger partial charge on any atom is -0.447 e. The zero-order chi connectivity index (χ0) is 21.5. The molecule has 2 aromatic carbocycles. The molecule has 30 heavy (non-hydrogen) atoms. The van der Waals surface area contributed by atoms with Crippen LogP contribution in [0.1, 0.15) is 58.9 Å². The number of aromatic nitrogens is 1. The molecule has 0 fully saturated rings. The fourth-order valence-corrected chi connectivity index (χ4v) is 3.30. The molecule has 0 bridgehead atoms. The number of carbonyl (C=O) groups excluding carboxylic acids is 1. The molecule has 0 aliphatic heterocycles. The first-order chi connectivity index (χ1) is 14.4. The molecule has 0 saturated carbocycles. The monoisotopic (exact) mass is 405 g/mol. The van der Waals surface area contributed by atoms with Gasteiger partial charge in [-0.2, -0.15) is 0 Å². The molecule has 0 aliphatic carbocycles. The first-order valence-electron chi connectivity index (χ1n) is 10.5. The van der Waals surface area contributed by atoms with Crippen LogP contribution in [0.2, 0.25) is 0 Å². The Hall–Kier alpha value is -2.92. The maximum atomic E-state index is 12.3. The Morgan fingerprint density at radius 1 is 1.10 bits per heavy atom. The molecule has 3 rings (SSSR count). The lowest BCUT2D eigenvalue weighted by Gasteiger charge is -2.22. The van der Waals surface area contributed by atoms with Crippen LogP contribution in [-0.4, -0.2) is 21.8 Å². The van der Waals surface area contributed by atoms with Gasteiger partial charge in [0.2, 0.25) is 5.89 Å². The zero-order valence-corrected chi connectivity index (χ0v) is 18.3. The highest BCUT2D eigenvalue weighted by Crippen LogP contribution is 2.18. The number of benzene rings is 2. The molecule has 1 amide bonds. The largest absolute Gasteiger partial charge is 0.447 e. The number of oxazole rings is 1. The smallest absolute Gasteiger partial charge is 0.273 e. The van der Waals surface area contributed by atoms with Gasteiger partial charge in [-0.1, -0.05) is 61.0 Å². The molecule has 0 saturated heterocycles. The van der Waals surface area contributed by atoms with Crippen molar-refractivity contribution in [2.45, 2.75) is 59.8 Å². The third-order valence-corrected chi connectivity index (χ3v) is 5.28. The van der Waals surface area contributed by atoms with Crippen molar-refractivity contribution in [2.24, 2.45) is 0 Å². The first-order valence-corrected chi connectivity index (χ1v) is 10.5. The summed E-state index contributed by atoms with van der Waals surface area (Å²) in [6.07, 6.45) is 2.32. The molecule has 5 nitrogen and oxygen atoms in total. The Kier molecular flexibility index (Phi) is 7.41. The number of nitrogens with one attached hydrogen (secondary N) is 1. The Bertz CT molecular complexity index is 966. The summed E-state index contributed by atoms with van der Waals surface area (Å²) in [5, 5.41) is 2.93. The maximum Gasteiger partial charge on any atom is 0.273 e. The van der Waals surface area contributed by atoms with Gasteiger partial charge >= 0.3 is 0 Å². The van der Waals surface area contributed by atoms with E-state index in [1.165, 1.54) is 28.5 Å². The van der Waals surface area contributed by atoms with Gasteiger partial charge in [-0.3, -0.25) is 9.69 Å². The van der Waals surface area contributed by atoms with Crippen molar-refractivity contribution in [2.75, 3.05) is 0 Å². The van der Waals surface area contributed by atoms with E-state index < -0.39 is 0 Å². The normalized spacial score (nSPS) is 12.2. The summed E-state index contributed by atoms with van der Waals surface area (Å²) in [6, 6.07) is 17.0. The lowest BCUT2D eigenvalue weighted by Crippen LogP contribution is -2.32. The molecule has 1 heterocycles. The van der Waals surface area contributed by atoms with Crippen LogP contribution in [0.3, 0.4) is 0 Å². The highest BCUT2D eigenvalue weighted by molar-refractivity contribution is 5.92. The van der Waals surface area contributed by atoms with Gasteiger partial charge in [0.1, 0.15) is 6.26 Å². The highest BCUT2D eigenvalue weighted by atomic mass is 16.3. The standard InChI is InChI=1S/C25H31N3O2/c1-5-20(4)26-25(29)23-17-30-24(27-23)16-28(14-21-9-7-6-8-10-21)15-22-13-18(2)11-12-19(22)3/h6-13,17,20H,5,14-16H2,1-4H3,(H,26,29)/t20-/m0/s1. The Morgan fingerprint density at radius 3 is 2.60 bits per heavy atom. The number of hydrogen-bond donors (Lipinski definition) is 1. The average molecular weight is 406 g/mol. The predicted molar refractivity (Wildman–Crippen MR) is 119 cm³/mol. The Labute approximate surface area is 179 Å². The number of rotatable bonds is 9. The van der Waals surface area contributed by atoms with Crippen molar-refractivity contribution in [1.29, 1.82) is 0 Å². The van der Waals surface area contributed by atoms with Crippen molar-refractivity contribution in [3.63, 3.8) is 0 Å². The number of carbonyl (C=O) groups is 1. The number of amides is 1. The van der Waals surface area contributed by atoms with Gasteiger partial charge in [0.15, 0.2) is 5.69 Å². The Balaban J connectivity index is 1.77. The van der Waals surface area contributed by atoms with Crippen LogP contribution >= 0.6 is 0 Å².